The van der Waals surface area contributed by atoms with Crippen LogP contribution in [0.3, 0.4) is 0 Å². The summed E-state index contributed by atoms with van der Waals surface area (Å²) in [5, 5.41) is 0. The molecule has 0 fully saturated rings. The average molecular weight is 127 g/mol. The monoisotopic (exact) mass is 126 g/mol. The van der Waals surface area contributed by atoms with E-state index in [0.717, 1.165) is 0 Å². The van der Waals surface area contributed by atoms with Crippen LogP contribution in [0, 0.1) is 0 Å². The molecule has 0 aromatic carbocycles. The van der Waals surface area contributed by atoms with Crippen molar-refractivity contribution in [2.45, 2.75) is 4.30 Å². The van der Waals surface area contributed by atoms with E-state index in [2.05, 4.69) is 0 Å². The van der Waals surface area contributed by atoms with Crippen molar-refractivity contribution < 1.29 is 0 Å². The molecule has 0 aromatic heterocycles. The Balaban J connectivity index is 0. The van der Waals surface area contributed by atoms with Gasteiger partial charge in [-0.05, 0) is 0 Å². The molecule has 0 unspecified atom stereocenters. The van der Waals surface area contributed by atoms with E-state index < -0.39 is 4.30 Å². The van der Waals surface area contributed by atoms with Gasteiger partial charge in [0.2, 0.25) is 0 Å². The van der Waals surface area contributed by atoms with Crippen LogP contribution < -0.4 is 0 Å². The third-order valence-electron chi connectivity index (χ3n) is 0. The van der Waals surface area contributed by atoms with E-state index in [9.17, 15) is 0 Å². The number of rotatable bonds is 0. The van der Waals surface area contributed by atoms with Gasteiger partial charge in [0.15, 0.2) is 4.30 Å². The van der Waals surface area contributed by atoms with E-state index in [1.807, 2.05) is 0 Å². The first-order valence-corrected chi connectivity index (χ1v) is 1.96. The van der Waals surface area contributed by atoms with Crippen LogP contribution in [0.25, 0.3) is 0 Å². The summed E-state index contributed by atoms with van der Waals surface area (Å²) in [7, 11) is 0. The second-order valence-corrected chi connectivity index (χ2v) is 2.23. The van der Waals surface area contributed by atoms with Gasteiger partial charge >= 0.3 is 18.9 Å². The summed E-state index contributed by atoms with van der Waals surface area (Å²) in [4.78, 5) is 0. The predicted octanol–water partition coefficient (Wildman–Crippen LogP) is 1.34. The van der Waals surface area contributed by atoms with Crippen LogP contribution in [-0.2, 0) is 0 Å². The summed E-state index contributed by atoms with van der Waals surface area (Å²) in [6, 6.07) is 0. The van der Waals surface area contributed by atoms with Crippen molar-refractivity contribution >= 4 is 53.7 Å². The van der Waals surface area contributed by atoms with Gasteiger partial charge in [0.1, 0.15) is 0 Å². The molecule has 0 atom stereocenters. The molecule has 5 heavy (non-hydrogen) atoms. The number of alkyl halides is 3. The summed E-state index contributed by atoms with van der Waals surface area (Å²) in [6.07, 6.45) is 0. The van der Waals surface area contributed by atoms with E-state index in [1.54, 1.807) is 0 Å². The first kappa shape index (κ1) is 9.69. The Morgan fingerprint density at radius 3 is 1.00 bits per heavy atom. The van der Waals surface area contributed by atoms with Crippen LogP contribution >= 0.6 is 34.8 Å². The van der Waals surface area contributed by atoms with Gasteiger partial charge in [0.05, 0.1) is 0 Å². The van der Waals surface area contributed by atoms with Crippen molar-refractivity contribution in [2.24, 2.45) is 0 Å². The normalized spacial score (nSPS) is 7.20. The molecule has 0 aromatic rings. The van der Waals surface area contributed by atoms with Gasteiger partial charge in [0, 0.05) is 0 Å². The molecule has 0 aliphatic carbocycles. The van der Waals surface area contributed by atoms with E-state index in [0.29, 0.717) is 0 Å². The van der Waals surface area contributed by atoms with Crippen molar-refractivity contribution in [3.8, 4) is 0 Å². The summed E-state index contributed by atoms with van der Waals surface area (Å²) >= 11 is 14.4. The minimum atomic E-state index is -0.750. The topological polar surface area (TPSA) is 0 Å². The summed E-state index contributed by atoms with van der Waals surface area (Å²) in [6.45, 7) is 0. The fourth-order valence-corrected chi connectivity index (χ4v) is 0. The third-order valence-corrected chi connectivity index (χ3v) is 0. The number of hydrogen-bond donors (Lipinski definition) is 0. The van der Waals surface area contributed by atoms with Gasteiger partial charge < -0.3 is 0 Å². The SMILES string of the molecule is ClC(Cl)Cl.[LiH]. The molecule has 0 saturated carbocycles. The minimum absolute atomic E-state index is 0. The van der Waals surface area contributed by atoms with Crippen molar-refractivity contribution in [3.63, 3.8) is 0 Å². The Kier molecular flexibility index (Phi) is 10.6. The average Bonchev–Trinajstić information content (AvgIpc) is 0.811. The quantitative estimate of drug-likeness (QED) is 0.340. The van der Waals surface area contributed by atoms with E-state index in [-0.39, 0.29) is 18.9 Å². The molecule has 0 saturated heterocycles. The molecule has 0 spiro atoms. The van der Waals surface area contributed by atoms with Gasteiger partial charge in [-0.25, -0.2) is 0 Å². The van der Waals surface area contributed by atoms with Crippen LogP contribution in [0.15, 0.2) is 0 Å². The molecule has 0 amide bonds. The Labute approximate surface area is 57.9 Å². The molecule has 0 aliphatic rings. The Morgan fingerprint density at radius 1 is 1.00 bits per heavy atom. The van der Waals surface area contributed by atoms with Crippen LogP contribution in [0.2, 0.25) is 0 Å². The molecule has 0 N–H and O–H groups in total. The Morgan fingerprint density at radius 2 is 1.00 bits per heavy atom. The van der Waals surface area contributed by atoms with Gasteiger partial charge in [-0.2, -0.15) is 0 Å². The van der Waals surface area contributed by atoms with Crippen LogP contribution in [0.1, 0.15) is 0 Å². The fraction of sp³-hybridized carbons (Fsp3) is 1.00. The van der Waals surface area contributed by atoms with Gasteiger partial charge in [-0.1, -0.05) is 34.8 Å². The molecule has 0 aliphatic heterocycles. The molecular weight excluding hydrogens is 125 g/mol. The molecule has 0 nitrogen and oxygen atoms in total. The van der Waals surface area contributed by atoms with Crippen LogP contribution in [-0.4, -0.2) is 23.2 Å². The van der Waals surface area contributed by atoms with Crippen molar-refractivity contribution in [1.82, 2.24) is 0 Å². The summed E-state index contributed by atoms with van der Waals surface area (Å²) < 4.78 is -0.750. The van der Waals surface area contributed by atoms with Crippen molar-refractivity contribution in [2.75, 3.05) is 0 Å². The molecule has 0 radical (unpaired) electrons. The van der Waals surface area contributed by atoms with Crippen LogP contribution in [0.5, 0.6) is 0 Å². The number of hydrogen-bond acceptors (Lipinski definition) is 0. The van der Waals surface area contributed by atoms with E-state index in [4.69, 9.17) is 34.8 Å². The maximum atomic E-state index is 4.81. The van der Waals surface area contributed by atoms with E-state index >= 15 is 0 Å². The third kappa shape index (κ3) is 30.5. The zero-order valence-corrected chi connectivity index (χ0v) is 3.98. The fourth-order valence-electron chi connectivity index (χ4n) is 0. The number of halogens is 3. The standard InChI is InChI=1S/CHCl3.Li.H/c2-1(3)4;;/h1H;;. The van der Waals surface area contributed by atoms with Gasteiger partial charge in [0.25, 0.3) is 0 Å². The van der Waals surface area contributed by atoms with Crippen LogP contribution in [0.4, 0.5) is 0 Å². The summed E-state index contributed by atoms with van der Waals surface area (Å²) in [5.74, 6) is 0. The first-order valence-electron chi connectivity index (χ1n) is 0.655. The summed E-state index contributed by atoms with van der Waals surface area (Å²) in [5.41, 5.74) is 0. The second kappa shape index (κ2) is 5.47. The molecule has 4 heteroatoms. The predicted molar refractivity (Wildman–Crippen MR) is 28.5 cm³/mol. The van der Waals surface area contributed by atoms with E-state index in [1.165, 1.54) is 0 Å². The van der Waals surface area contributed by atoms with Gasteiger partial charge in [-0.3, -0.25) is 0 Å². The molecule has 0 heterocycles. The molecule has 0 rings (SSSR count). The Hall–Kier alpha value is 1.47. The maximum absolute atomic E-state index is 4.81. The molecule has 0 bridgehead atoms. The Bertz CT molecular complexity index is 11.6. The molecular formula is CH2Cl3Li. The van der Waals surface area contributed by atoms with Crippen molar-refractivity contribution in [1.29, 1.82) is 0 Å². The first-order chi connectivity index (χ1) is 1.73. The zero-order valence-electron chi connectivity index (χ0n) is 1.71. The van der Waals surface area contributed by atoms with Crippen molar-refractivity contribution in [3.05, 3.63) is 0 Å². The zero-order chi connectivity index (χ0) is 3.58. The molecule has 28 valence electrons. The van der Waals surface area contributed by atoms with Gasteiger partial charge in [-0.15, -0.1) is 0 Å². The second-order valence-electron chi connectivity index (χ2n) is 0.247.